The zero-order chi connectivity index (χ0) is 12.8. The zero-order valence-electron chi connectivity index (χ0n) is 8.70. The lowest BCUT2D eigenvalue weighted by molar-refractivity contribution is -0.384. The van der Waals surface area contributed by atoms with Crippen molar-refractivity contribution in [3.63, 3.8) is 0 Å². The Morgan fingerprint density at radius 3 is 2.71 bits per heavy atom. The molecule has 17 heavy (non-hydrogen) atoms. The van der Waals surface area contributed by atoms with Gasteiger partial charge in [-0.05, 0) is 6.07 Å². The van der Waals surface area contributed by atoms with Gasteiger partial charge in [-0.3, -0.25) is 10.1 Å². The average molecular weight is 238 g/mol. The van der Waals surface area contributed by atoms with E-state index >= 15 is 0 Å². The number of rotatable bonds is 5. The molecule has 0 fully saturated rings. The van der Waals surface area contributed by atoms with Crippen molar-refractivity contribution < 1.29 is 15.1 Å². The van der Waals surface area contributed by atoms with Crippen LogP contribution in [0.4, 0.5) is 11.5 Å². The van der Waals surface area contributed by atoms with Crippen LogP contribution in [0.3, 0.4) is 0 Å². The molecular weight excluding hydrogens is 228 g/mol. The van der Waals surface area contributed by atoms with E-state index < -0.39 is 29.9 Å². The summed E-state index contributed by atoms with van der Waals surface area (Å²) in [5, 5.41) is 39.8. The summed E-state index contributed by atoms with van der Waals surface area (Å²) >= 11 is 0. The zero-order valence-corrected chi connectivity index (χ0v) is 8.70. The Bertz CT molecular complexity index is 453. The smallest absolute Gasteiger partial charge is 0.328 e. The summed E-state index contributed by atoms with van der Waals surface area (Å²) in [6.07, 6.45) is 1.24. The summed E-state index contributed by atoms with van der Waals surface area (Å²) in [6, 6.07) is 2.13. The quantitative estimate of drug-likeness (QED) is 0.470. The fraction of sp³-hybridized carbons (Fsp3) is 0.333. The molecule has 0 saturated heterocycles. The summed E-state index contributed by atoms with van der Waals surface area (Å²) in [4.78, 5) is 13.8. The largest absolute Gasteiger partial charge is 0.394 e. The van der Waals surface area contributed by atoms with Gasteiger partial charge in [-0.25, -0.2) is 4.98 Å². The second-order valence-electron chi connectivity index (χ2n) is 3.13. The van der Waals surface area contributed by atoms with Crippen LogP contribution in [0.5, 0.6) is 0 Å². The number of pyridine rings is 1. The minimum absolute atomic E-state index is 0.137. The third kappa shape index (κ3) is 2.87. The van der Waals surface area contributed by atoms with Gasteiger partial charge in [0, 0.05) is 6.20 Å². The van der Waals surface area contributed by atoms with Gasteiger partial charge in [-0.15, -0.1) is 0 Å². The highest BCUT2D eigenvalue weighted by Gasteiger charge is 2.22. The summed E-state index contributed by atoms with van der Waals surface area (Å²) in [6.45, 7) is -0.821. The van der Waals surface area contributed by atoms with Crippen LogP contribution in [0.15, 0.2) is 12.3 Å². The molecule has 0 unspecified atom stereocenters. The molecule has 1 heterocycles. The standard InChI is InChI=1S/C9H10N4O4/c10-3-6-1-2-11-9(8(6)13(16)17)12-7(4-14)5-15/h1-2,7,14-15H,4-5H2,(H,11,12). The van der Waals surface area contributed by atoms with Crippen molar-refractivity contribution in [3.8, 4) is 6.07 Å². The normalized spacial score (nSPS) is 10.0. The second-order valence-corrected chi connectivity index (χ2v) is 3.13. The predicted octanol–water partition coefficient (Wildman–Crippen LogP) is -0.373. The second kappa shape index (κ2) is 5.74. The SMILES string of the molecule is N#Cc1ccnc(NC(CO)CO)c1[N+](=O)[O-]. The van der Waals surface area contributed by atoms with Gasteiger partial charge in [0.25, 0.3) is 0 Å². The molecule has 0 aromatic carbocycles. The van der Waals surface area contributed by atoms with E-state index in [2.05, 4.69) is 10.3 Å². The number of aliphatic hydroxyl groups excluding tert-OH is 2. The first-order valence-electron chi connectivity index (χ1n) is 4.65. The van der Waals surface area contributed by atoms with Crippen LogP contribution in [-0.2, 0) is 0 Å². The van der Waals surface area contributed by atoms with Gasteiger partial charge >= 0.3 is 5.69 Å². The van der Waals surface area contributed by atoms with E-state index in [-0.39, 0.29) is 11.4 Å². The number of nitro groups is 1. The minimum atomic E-state index is -0.768. The Morgan fingerprint density at radius 2 is 2.24 bits per heavy atom. The summed E-state index contributed by atoms with van der Waals surface area (Å²) in [5.41, 5.74) is -0.607. The van der Waals surface area contributed by atoms with Crippen molar-refractivity contribution in [2.24, 2.45) is 0 Å². The van der Waals surface area contributed by atoms with Crippen LogP contribution >= 0.6 is 0 Å². The topological polar surface area (TPSA) is 132 Å². The molecular formula is C9H10N4O4. The van der Waals surface area contributed by atoms with Gasteiger partial charge in [-0.2, -0.15) is 5.26 Å². The highest BCUT2D eigenvalue weighted by Crippen LogP contribution is 2.25. The molecule has 0 aliphatic carbocycles. The van der Waals surface area contributed by atoms with E-state index in [1.807, 2.05) is 0 Å². The lowest BCUT2D eigenvalue weighted by Gasteiger charge is -2.13. The molecule has 0 saturated carbocycles. The number of nitriles is 1. The Hall–Kier alpha value is -2.24. The van der Waals surface area contributed by atoms with Gasteiger partial charge in [0.2, 0.25) is 5.82 Å². The highest BCUT2D eigenvalue weighted by atomic mass is 16.6. The maximum absolute atomic E-state index is 10.8. The van der Waals surface area contributed by atoms with Crippen molar-refractivity contribution in [1.29, 1.82) is 5.26 Å². The van der Waals surface area contributed by atoms with Crippen LogP contribution in [-0.4, -0.2) is 39.4 Å². The minimum Gasteiger partial charge on any atom is -0.394 e. The number of anilines is 1. The van der Waals surface area contributed by atoms with Gasteiger partial charge in [0.05, 0.1) is 24.2 Å². The van der Waals surface area contributed by atoms with E-state index in [1.165, 1.54) is 12.3 Å². The summed E-state index contributed by atoms with van der Waals surface area (Å²) < 4.78 is 0. The van der Waals surface area contributed by atoms with Gasteiger partial charge < -0.3 is 15.5 Å². The maximum atomic E-state index is 10.8. The molecule has 0 atom stereocenters. The van der Waals surface area contributed by atoms with E-state index in [0.717, 1.165) is 0 Å². The van der Waals surface area contributed by atoms with E-state index in [9.17, 15) is 10.1 Å². The Kier molecular flexibility index (Phi) is 4.33. The first-order valence-corrected chi connectivity index (χ1v) is 4.65. The van der Waals surface area contributed by atoms with Crippen molar-refractivity contribution >= 4 is 11.5 Å². The molecule has 0 aliphatic heterocycles. The molecule has 1 aromatic heterocycles. The molecule has 8 nitrogen and oxygen atoms in total. The first-order chi connectivity index (χ1) is 8.13. The number of aromatic nitrogens is 1. The summed E-state index contributed by atoms with van der Waals surface area (Å²) in [5.74, 6) is -0.151. The molecule has 0 bridgehead atoms. The molecule has 1 aromatic rings. The van der Waals surface area contributed by atoms with Gasteiger partial charge in [0.1, 0.15) is 11.6 Å². The average Bonchev–Trinajstić information content (AvgIpc) is 2.34. The Labute approximate surface area is 96.3 Å². The van der Waals surface area contributed by atoms with Gasteiger partial charge in [-0.1, -0.05) is 0 Å². The molecule has 1 rings (SSSR count). The molecule has 0 aliphatic rings. The third-order valence-corrected chi connectivity index (χ3v) is 2.01. The monoisotopic (exact) mass is 238 g/mol. The van der Waals surface area contributed by atoms with Crippen molar-refractivity contribution in [1.82, 2.24) is 4.98 Å². The number of nitrogens with zero attached hydrogens (tertiary/aromatic N) is 3. The first kappa shape index (κ1) is 12.8. The van der Waals surface area contributed by atoms with Crippen LogP contribution in [0.1, 0.15) is 5.56 Å². The molecule has 0 radical (unpaired) electrons. The van der Waals surface area contributed by atoms with E-state index in [0.29, 0.717) is 0 Å². The maximum Gasteiger partial charge on any atom is 0.328 e. The Balaban J connectivity index is 3.15. The van der Waals surface area contributed by atoms with E-state index in [1.54, 1.807) is 6.07 Å². The fourth-order valence-corrected chi connectivity index (χ4v) is 1.18. The van der Waals surface area contributed by atoms with Crippen molar-refractivity contribution in [3.05, 3.63) is 27.9 Å². The number of nitrogens with one attached hydrogen (secondary N) is 1. The van der Waals surface area contributed by atoms with Crippen LogP contribution < -0.4 is 5.32 Å². The number of hydrogen-bond acceptors (Lipinski definition) is 7. The van der Waals surface area contributed by atoms with Gasteiger partial charge in [0.15, 0.2) is 0 Å². The highest BCUT2D eigenvalue weighted by molar-refractivity contribution is 5.64. The predicted molar refractivity (Wildman–Crippen MR) is 57.2 cm³/mol. The number of aliphatic hydroxyl groups is 2. The summed E-state index contributed by atoms with van der Waals surface area (Å²) in [7, 11) is 0. The third-order valence-electron chi connectivity index (χ3n) is 2.01. The lowest BCUT2D eigenvalue weighted by Crippen LogP contribution is -2.28. The van der Waals surface area contributed by atoms with Crippen molar-refractivity contribution in [2.75, 3.05) is 18.5 Å². The molecule has 8 heteroatoms. The fourth-order valence-electron chi connectivity index (χ4n) is 1.18. The van der Waals surface area contributed by atoms with Crippen LogP contribution in [0.25, 0.3) is 0 Å². The molecule has 90 valence electrons. The molecule has 3 N–H and O–H groups in total. The number of hydrogen-bond donors (Lipinski definition) is 3. The Morgan fingerprint density at radius 1 is 1.59 bits per heavy atom. The van der Waals surface area contributed by atoms with Crippen molar-refractivity contribution in [2.45, 2.75) is 6.04 Å². The molecule has 0 amide bonds. The van der Waals surface area contributed by atoms with Crippen LogP contribution in [0, 0.1) is 21.4 Å². The lowest BCUT2D eigenvalue weighted by atomic mass is 10.2. The van der Waals surface area contributed by atoms with Crippen LogP contribution in [0.2, 0.25) is 0 Å². The molecule has 0 spiro atoms. The van der Waals surface area contributed by atoms with E-state index in [4.69, 9.17) is 15.5 Å².